The van der Waals surface area contributed by atoms with Crippen molar-refractivity contribution >= 4 is 11.9 Å². The molecule has 2 N–H and O–H groups in total. The molecule has 0 radical (unpaired) electrons. The highest BCUT2D eigenvalue weighted by Gasteiger charge is 2.05. The molecule has 0 amide bonds. The number of rotatable bonds is 2. The molecule has 2 rings (SSSR count). The van der Waals surface area contributed by atoms with Gasteiger partial charge in [0.25, 0.3) is 5.56 Å². The van der Waals surface area contributed by atoms with Crippen molar-refractivity contribution in [3.8, 4) is 5.75 Å². The molecule has 5 heteroatoms. The van der Waals surface area contributed by atoms with Crippen LogP contribution in [-0.2, 0) is 0 Å². The van der Waals surface area contributed by atoms with Crippen molar-refractivity contribution in [3.05, 3.63) is 52.2 Å². The van der Waals surface area contributed by atoms with Gasteiger partial charge in [0.1, 0.15) is 11.5 Å². The van der Waals surface area contributed by atoms with E-state index < -0.39 is 11.3 Å². The molecule has 1 aromatic carbocycles. The Morgan fingerprint density at radius 1 is 1.35 bits per heavy atom. The third-order valence-corrected chi connectivity index (χ3v) is 2.13. The Balaban J connectivity index is 2.37. The van der Waals surface area contributed by atoms with Gasteiger partial charge >= 0.3 is 0 Å². The van der Waals surface area contributed by atoms with Gasteiger partial charge in [0, 0.05) is 0 Å². The van der Waals surface area contributed by atoms with Crippen LogP contribution in [0.4, 0.5) is 5.69 Å². The number of aromatic hydroxyl groups is 1. The van der Waals surface area contributed by atoms with Crippen molar-refractivity contribution in [1.82, 2.24) is 9.97 Å². The minimum Gasteiger partial charge on any atom is -0.501 e. The van der Waals surface area contributed by atoms with Gasteiger partial charge in [-0.15, -0.1) is 0 Å². The van der Waals surface area contributed by atoms with E-state index in [9.17, 15) is 9.90 Å². The molecule has 17 heavy (non-hydrogen) atoms. The molecule has 0 spiro atoms. The van der Waals surface area contributed by atoms with Crippen LogP contribution in [0.5, 0.6) is 5.75 Å². The molecule has 0 aliphatic heterocycles. The van der Waals surface area contributed by atoms with E-state index in [1.54, 1.807) is 6.92 Å². The molecule has 1 aromatic heterocycles. The van der Waals surface area contributed by atoms with E-state index in [2.05, 4.69) is 15.0 Å². The summed E-state index contributed by atoms with van der Waals surface area (Å²) >= 11 is 0. The number of aromatic amines is 1. The van der Waals surface area contributed by atoms with Gasteiger partial charge in [-0.2, -0.15) is 0 Å². The smallest absolute Gasteiger partial charge is 0.293 e. The van der Waals surface area contributed by atoms with Crippen LogP contribution in [-0.4, -0.2) is 21.3 Å². The third kappa shape index (κ3) is 2.57. The van der Waals surface area contributed by atoms with E-state index >= 15 is 0 Å². The van der Waals surface area contributed by atoms with Crippen LogP contribution in [0.2, 0.25) is 0 Å². The Morgan fingerprint density at radius 2 is 2.06 bits per heavy atom. The lowest BCUT2D eigenvalue weighted by Crippen LogP contribution is -2.11. The van der Waals surface area contributed by atoms with Gasteiger partial charge in [-0.05, 0) is 19.1 Å². The van der Waals surface area contributed by atoms with Crippen molar-refractivity contribution in [2.24, 2.45) is 4.99 Å². The Labute approximate surface area is 97.5 Å². The van der Waals surface area contributed by atoms with E-state index in [0.717, 1.165) is 5.69 Å². The second-order valence-electron chi connectivity index (χ2n) is 3.48. The Kier molecular flexibility index (Phi) is 3.00. The molecule has 0 atom stereocenters. The van der Waals surface area contributed by atoms with E-state index in [4.69, 9.17) is 0 Å². The fourth-order valence-corrected chi connectivity index (χ4v) is 1.34. The Bertz CT molecular complexity index is 603. The molecule has 0 bridgehead atoms. The SMILES string of the molecule is Cc1nc(/C=N/c2ccccc2)c(O)c(=O)[nH]1. The van der Waals surface area contributed by atoms with Gasteiger partial charge in [-0.25, -0.2) is 4.98 Å². The second-order valence-corrected chi connectivity index (χ2v) is 3.48. The van der Waals surface area contributed by atoms with E-state index in [1.807, 2.05) is 30.3 Å². The zero-order valence-corrected chi connectivity index (χ0v) is 9.21. The number of H-pyrrole nitrogens is 1. The summed E-state index contributed by atoms with van der Waals surface area (Å²) < 4.78 is 0. The minimum absolute atomic E-state index is 0.162. The van der Waals surface area contributed by atoms with Crippen molar-refractivity contribution < 1.29 is 5.11 Å². The summed E-state index contributed by atoms with van der Waals surface area (Å²) in [6.45, 7) is 1.64. The lowest BCUT2D eigenvalue weighted by molar-refractivity contribution is 0.461. The molecular weight excluding hydrogens is 218 g/mol. The molecule has 5 nitrogen and oxygen atoms in total. The fourth-order valence-electron chi connectivity index (χ4n) is 1.34. The fraction of sp³-hybridized carbons (Fsp3) is 0.0833. The van der Waals surface area contributed by atoms with Crippen LogP contribution in [0.3, 0.4) is 0 Å². The maximum atomic E-state index is 11.3. The molecule has 1 heterocycles. The highest BCUT2D eigenvalue weighted by molar-refractivity contribution is 5.82. The lowest BCUT2D eigenvalue weighted by Gasteiger charge is -1.98. The first-order valence-electron chi connectivity index (χ1n) is 5.06. The van der Waals surface area contributed by atoms with Gasteiger partial charge in [-0.1, -0.05) is 18.2 Å². The number of nitrogens with zero attached hydrogens (tertiary/aromatic N) is 2. The average molecular weight is 229 g/mol. The van der Waals surface area contributed by atoms with E-state index in [0.29, 0.717) is 5.82 Å². The van der Waals surface area contributed by atoms with Gasteiger partial charge in [0.05, 0.1) is 11.9 Å². The van der Waals surface area contributed by atoms with Crippen molar-refractivity contribution in [2.75, 3.05) is 0 Å². The summed E-state index contributed by atoms with van der Waals surface area (Å²) in [5, 5.41) is 9.50. The summed E-state index contributed by atoms with van der Waals surface area (Å²) in [4.78, 5) is 21.8. The standard InChI is InChI=1S/C12H11N3O2/c1-8-14-10(11(16)12(17)15-8)7-13-9-5-3-2-4-6-9/h2-7,16H,1H3,(H,14,15,17)/b13-7+. The number of para-hydroxylation sites is 1. The molecule has 0 unspecified atom stereocenters. The molecule has 0 saturated heterocycles. The number of hydrogen-bond acceptors (Lipinski definition) is 4. The van der Waals surface area contributed by atoms with Crippen LogP contribution in [0.1, 0.15) is 11.5 Å². The maximum Gasteiger partial charge on any atom is 0.293 e. The normalized spacial score (nSPS) is 10.9. The van der Waals surface area contributed by atoms with Crippen LogP contribution in [0.15, 0.2) is 40.1 Å². The summed E-state index contributed by atoms with van der Waals surface area (Å²) in [6, 6.07) is 9.21. The quantitative estimate of drug-likeness (QED) is 0.766. The molecule has 0 saturated carbocycles. The van der Waals surface area contributed by atoms with Crippen molar-refractivity contribution in [1.29, 1.82) is 0 Å². The predicted octanol–water partition coefficient (Wildman–Crippen LogP) is 1.53. The van der Waals surface area contributed by atoms with Gasteiger partial charge in [0.2, 0.25) is 5.75 Å². The summed E-state index contributed by atoms with van der Waals surface area (Å²) in [6.07, 6.45) is 1.37. The molecule has 0 fully saturated rings. The summed E-state index contributed by atoms with van der Waals surface area (Å²) in [7, 11) is 0. The topological polar surface area (TPSA) is 78.3 Å². The number of nitrogens with one attached hydrogen (secondary N) is 1. The summed E-state index contributed by atoms with van der Waals surface area (Å²) in [5.41, 5.74) is 0.328. The monoisotopic (exact) mass is 229 g/mol. The summed E-state index contributed by atoms with van der Waals surface area (Å²) in [5.74, 6) is 0.0117. The highest BCUT2D eigenvalue weighted by Crippen LogP contribution is 2.11. The second kappa shape index (κ2) is 4.61. The number of aromatic nitrogens is 2. The Hall–Kier alpha value is -2.43. The first kappa shape index (κ1) is 11.1. The maximum absolute atomic E-state index is 11.3. The van der Waals surface area contributed by atoms with Crippen LogP contribution in [0, 0.1) is 6.92 Å². The lowest BCUT2D eigenvalue weighted by atomic mass is 10.3. The number of benzene rings is 1. The van der Waals surface area contributed by atoms with E-state index in [1.165, 1.54) is 6.21 Å². The Morgan fingerprint density at radius 3 is 2.76 bits per heavy atom. The van der Waals surface area contributed by atoms with Gasteiger partial charge in [0.15, 0.2) is 0 Å². The zero-order chi connectivity index (χ0) is 12.3. The number of aliphatic imine (C=N–C) groups is 1. The first-order chi connectivity index (χ1) is 8.16. The van der Waals surface area contributed by atoms with Crippen LogP contribution >= 0.6 is 0 Å². The molecule has 2 aromatic rings. The van der Waals surface area contributed by atoms with Crippen molar-refractivity contribution in [2.45, 2.75) is 6.92 Å². The molecular formula is C12H11N3O2. The minimum atomic E-state index is -0.563. The highest BCUT2D eigenvalue weighted by atomic mass is 16.3. The largest absolute Gasteiger partial charge is 0.501 e. The third-order valence-electron chi connectivity index (χ3n) is 2.13. The van der Waals surface area contributed by atoms with Crippen LogP contribution < -0.4 is 5.56 Å². The molecule has 0 aliphatic rings. The zero-order valence-electron chi connectivity index (χ0n) is 9.21. The predicted molar refractivity (Wildman–Crippen MR) is 65.0 cm³/mol. The molecule has 0 aliphatic carbocycles. The number of hydrogen-bond donors (Lipinski definition) is 2. The molecule has 86 valence electrons. The first-order valence-corrected chi connectivity index (χ1v) is 5.06. The average Bonchev–Trinajstić information content (AvgIpc) is 2.33. The van der Waals surface area contributed by atoms with Crippen LogP contribution in [0.25, 0.3) is 0 Å². The van der Waals surface area contributed by atoms with Gasteiger partial charge in [-0.3, -0.25) is 9.79 Å². The van der Waals surface area contributed by atoms with Crippen molar-refractivity contribution in [3.63, 3.8) is 0 Å². The van der Waals surface area contributed by atoms with E-state index in [-0.39, 0.29) is 5.69 Å². The van der Waals surface area contributed by atoms with Gasteiger partial charge < -0.3 is 10.1 Å². The number of aryl methyl sites for hydroxylation is 1.